The smallest absolute Gasteiger partial charge is 0.337 e. The highest BCUT2D eigenvalue weighted by molar-refractivity contribution is 8.01. The number of carboxylic acid groups (broad SMARTS) is 1. The third-order valence-electron chi connectivity index (χ3n) is 3.50. The van der Waals surface area contributed by atoms with Crippen LogP contribution < -0.4 is 10.6 Å². The van der Waals surface area contributed by atoms with Gasteiger partial charge in [-0.05, 0) is 18.2 Å². The first-order valence-electron chi connectivity index (χ1n) is 6.55. The Morgan fingerprint density at radius 3 is 2.86 bits per heavy atom. The molecule has 1 aliphatic heterocycles. The number of rotatable bonds is 4. The van der Waals surface area contributed by atoms with Gasteiger partial charge >= 0.3 is 5.97 Å². The molecule has 1 aromatic rings. The van der Waals surface area contributed by atoms with Crippen molar-refractivity contribution in [3.8, 4) is 0 Å². The van der Waals surface area contributed by atoms with Crippen LogP contribution in [0, 0.1) is 0 Å². The van der Waals surface area contributed by atoms with Gasteiger partial charge in [-0.15, -0.1) is 0 Å². The van der Waals surface area contributed by atoms with Crippen molar-refractivity contribution in [3.63, 3.8) is 0 Å². The molecule has 8 heteroatoms. The van der Waals surface area contributed by atoms with Crippen LogP contribution in [0.3, 0.4) is 0 Å². The Balaban J connectivity index is 2.43. The van der Waals surface area contributed by atoms with Crippen molar-refractivity contribution in [2.75, 3.05) is 34.4 Å². The van der Waals surface area contributed by atoms with E-state index < -0.39 is 21.2 Å². The van der Waals surface area contributed by atoms with Gasteiger partial charge in [-0.25, -0.2) is 13.2 Å². The van der Waals surface area contributed by atoms with E-state index in [1.54, 1.807) is 29.7 Å². The van der Waals surface area contributed by atoms with E-state index in [0.717, 1.165) is 5.75 Å². The van der Waals surface area contributed by atoms with E-state index in [4.69, 9.17) is 10.8 Å². The number of nitrogen functional groups attached to an aromatic ring is 1. The number of hydrogen-bond donors (Lipinski definition) is 2. The Morgan fingerprint density at radius 2 is 2.24 bits per heavy atom. The highest BCUT2D eigenvalue weighted by atomic mass is 32.2. The Morgan fingerprint density at radius 1 is 1.52 bits per heavy atom. The van der Waals surface area contributed by atoms with E-state index in [9.17, 15) is 13.2 Å². The molecule has 0 spiro atoms. The summed E-state index contributed by atoms with van der Waals surface area (Å²) < 4.78 is 24.5. The van der Waals surface area contributed by atoms with Gasteiger partial charge in [-0.1, -0.05) is 6.92 Å². The van der Waals surface area contributed by atoms with Gasteiger partial charge < -0.3 is 15.7 Å². The van der Waals surface area contributed by atoms with Crippen LogP contribution in [0.4, 0.5) is 11.4 Å². The van der Waals surface area contributed by atoms with Crippen molar-refractivity contribution in [2.24, 2.45) is 0 Å². The van der Waals surface area contributed by atoms with Crippen LogP contribution >= 0.6 is 11.8 Å². The zero-order valence-corrected chi connectivity index (χ0v) is 13.3. The van der Waals surface area contributed by atoms with Crippen molar-refractivity contribution in [3.05, 3.63) is 23.8 Å². The third kappa shape index (κ3) is 3.26. The summed E-state index contributed by atoms with van der Waals surface area (Å²) in [5.74, 6) is 0.247. The van der Waals surface area contributed by atoms with Gasteiger partial charge in [-0.3, -0.25) is 0 Å². The maximum absolute atomic E-state index is 12.2. The molecule has 1 aliphatic rings. The molecule has 1 atom stereocenters. The maximum Gasteiger partial charge on any atom is 0.337 e. The van der Waals surface area contributed by atoms with Gasteiger partial charge in [-0.2, -0.15) is 11.8 Å². The summed E-state index contributed by atoms with van der Waals surface area (Å²) in [6.45, 7) is 2.19. The molecule has 0 aromatic heterocycles. The van der Waals surface area contributed by atoms with Crippen molar-refractivity contribution in [2.45, 2.75) is 12.3 Å². The predicted octanol–water partition coefficient (Wildman–Crippen LogP) is 1.28. The largest absolute Gasteiger partial charge is 0.478 e. The Labute approximate surface area is 128 Å². The number of carbonyl (C=O) groups is 1. The number of anilines is 2. The second-order valence-corrected chi connectivity index (χ2v) is 8.35. The lowest BCUT2D eigenvalue weighted by molar-refractivity contribution is 0.0698. The fraction of sp³-hybridized carbons (Fsp3) is 0.462. The van der Waals surface area contributed by atoms with Crippen LogP contribution in [-0.4, -0.2) is 48.7 Å². The fourth-order valence-electron chi connectivity index (χ4n) is 2.27. The van der Waals surface area contributed by atoms with Gasteiger partial charge in [0.05, 0.1) is 5.56 Å². The number of nitrogens with two attached hydrogens (primary N) is 1. The molecule has 2 rings (SSSR count). The number of nitrogens with zero attached hydrogens (tertiary/aromatic N) is 1. The number of benzene rings is 1. The fourth-order valence-corrected chi connectivity index (χ4v) is 5.27. The van der Waals surface area contributed by atoms with Crippen LogP contribution in [-0.2, 0) is 9.84 Å². The van der Waals surface area contributed by atoms with Gasteiger partial charge in [0, 0.05) is 35.2 Å². The van der Waals surface area contributed by atoms with Gasteiger partial charge in [0.2, 0.25) is 0 Å². The second-order valence-electron chi connectivity index (χ2n) is 4.75. The van der Waals surface area contributed by atoms with Crippen LogP contribution in [0.1, 0.15) is 17.3 Å². The summed E-state index contributed by atoms with van der Waals surface area (Å²) in [5, 5.41) is 8.52. The second kappa shape index (κ2) is 6.15. The molecule has 0 aliphatic carbocycles. The zero-order chi connectivity index (χ0) is 15.6. The van der Waals surface area contributed by atoms with Crippen molar-refractivity contribution in [1.29, 1.82) is 0 Å². The molecule has 1 unspecified atom stereocenters. The molecular formula is C13H18N2O4S2. The molecule has 0 saturated carbocycles. The molecule has 1 heterocycles. The highest BCUT2D eigenvalue weighted by Gasteiger charge is 2.33. The Hall–Kier alpha value is -1.41. The van der Waals surface area contributed by atoms with E-state index in [1.165, 1.54) is 12.1 Å². The van der Waals surface area contributed by atoms with E-state index in [-0.39, 0.29) is 17.0 Å². The summed E-state index contributed by atoms with van der Waals surface area (Å²) in [6.07, 6.45) is 0. The first-order chi connectivity index (χ1) is 9.86. The van der Waals surface area contributed by atoms with E-state index in [0.29, 0.717) is 18.0 Å². The molecule has 0 bridgehead atoms. The van der Waals surface area contributed by atoms with E-state index in [2.05, 4.69) is 0 Å². The molecule has 116 valence electrons. The Bertz CT molecular complexity index is 646. The minimum absolute atomic E-state index is 0.00151. The van der Waals surface area contributed by atoms with E-state index >= 15 is 0 Å². The van der Waals surface area contributed by atoms with Gasteiger partial charge in [0.1, 0.15) is 5.37 Å². The van der Waals surface area contributed by atoms with Gasteiger partial charge in [0.25, 0.3) is 0 Å². The Kier molecular flexibility index (Phi) is 4.67. The lowest BCUT2D eigenvalue weighted by atomic mass is 10.1. The maximum atomic E-state index is 12.2. The third-order valence-corrected chi connectivity index (χ3v) is 6.79. The monoisotopic (exact) mass is 330 g/mol. The standard InChI is InChI=1S/C13H18N2O4S2/c1-2-21(18,19)12-8-20-6-5-15(12)9-3-4-11(14)10(7-9)13(16)17/h3-4,7,12H,2,5-6,8,14H2,1H3,(H,16,17). The normalized spacial score (nSPS) is 19.5. The lowest BCUT2D eigenvalue weighted by Gasteiger charge is -2.36. The minimum Gasteiger partial charge on any atom is -0.478 e. The molecule has 0 amide bonds. The molecule has 3 N–H and O–H groups in total. The first-order valence-corrected chi connectivity index (χ1v) is 9.42. The number of hydrogen-bond acceptors (Lipinski definition) is 6. The molecule has 1 fully saturated rings. The average molecular weight is 330 g/mol. The summed E-state index contributed by atoms with van der Waals surface area (Å²) >= 11 is 1.60. The zero-order valence-electron chi connectivity index (χ0n) is 11.7. The minimum atomic E-state index is -3.24. The van der Waals surface area contributed by atoms with Crippen molar-refractivity contribution >= 4 is 38.9 Å². The number of aromatic carboxylic acids is 1. The predicted molar refractivity (Wildman–Crippen MR) is 85.7 cm³/mol. The topological polar surface area (TPSA) is 101 Å². The summed E-state index contributed by atoms with van der Waals surface area (Å²) in [7, 11) is -3.24. The first kappa shape index (κ1) is 16.0. The van der Waals surface area contributed by atoms with Crippen LogP contribution in [0.25, 0.3) is 0 Å². The molecule has 6 nitrogen and oxygen atoms in total. The number of carboxylic acids is 1. The molecule has 0 radical (unpaired) electrons. The number of sulfone groups is 1. The molecular weight excluding hydrogens is 312 g/mol. The lowest BCUT2D eigenvalue weighted by Crippen LogP contribution is -2.48. The van der Waals surface area contributed by atoms with Crippen LogP contribution in [0.5, 0.6) is 0 Å². The van der Waals surface area contributed by atoms with Crippen LogP contribution in [0.15, 0.2) is 18.2 Å². The summed E-state index contributed by atoms with van der Waals surface area (Å²) in [4.78, 5) is 12.9. The molecule has 21 heavy (non-hydrogen) atoms. The quantitative estimate of drug-likeness (QED) is 0.802. The van der Waals surface area contributed by atoms with Crippen LogP contribution in [0.2, 0.25) is 0 Å². The molecule has 1 saturated heterocycles. The highest BCUT2D eigenvalue weighted by Crippen LogP contribution is 2.29. The van der Waals surface area contributed by atoms with Gasteiger partial charge in [0.15, 0.2) is 9.84 Å². The summed E-state index contributed by atoms with van der Waals surface area (Å²) in [5.41, 5.74) is 6.40. The number of thioether (sulfide) groups is 1. The van der Waals surface area contributed by atoms with Crippen molar-refractivity contribution in [1.82, 2.24) is 0 Å². The van der Waals surface area contributed by atoms with E-state index in [1.807, 2.05) is 0 Å². The molecule has 1 aromatic carbocycles. The average Bonchev–Trinajstić information content (AvgIpc) is 2.47. The summed E-state index contributed by atoms with van der Waals surface area (Å²) in [6, 6.07) is 4.64. The van der Waals surface area contributed by atoms with Crippen molar-refractivity contribution < 1.29 is 18.3 Å². The SMILES string of the molecule is CCS(=O)(=O)C1CSCCN1c1ccc(N)c(C(=O)O)c1.